The van der Waals surface area contributed by atoms with Crippen molar-refractivity contribution in [2.75, 3.05) is 13.7 Å². The Morgan fingerprint density at radius 2 is 1.88 bits per heavy atom. The first kappa shape index (κ1) is 17.9. The third-order valence-corrected chi connectivity index (χ3v) is 5.64. The zero-order valence-corrected chi connectivity index (χ0v) is 15.1. The van der Waals surface area contributed by atoms with Crippen LogP contribution in [-0.4, -0.2) is 58.3 Å². The zero-order valence-electron chi connectivity index (χ0n) is 15.1. The highest BCUT2D eigenvalue weighted by molar-refractivity contribution is 5.34. The van der Waals surface area contributed by atoms with Gasteiger partial charge in [0.05, 0.1) is 17.8 Å². The minimum Gasteiger partial charge on any atom is -0.471 e. The molecule has 0 aromatic carbocycles. The van der Waals surface area contributed by atoms with Crippen LogP contribution in [-0.2, 0) is 17.6 Å². The summed E-state index contributed by atoms with van der Waals surface area (Å²) in [6, 6.07) is 0.0837. The highest BCUT2D eigenvalue weighted by atomic mass is 16.5. The molecule has 0 amide bonds. The van der Waals surface area contributed by atoms with Crippen molar-refractivity contribution in [1.29, 1.82) is 0 Å². The second-order valence-electron chi connectivity index (χ2n) is 7.33. The quantitative estimate of drug-likeness (QED) is 0.684. The zero-order chi connectivity index (χ0) is 18.1. The molecule has 1 aromatic heterocycles. The molecule has 26 heavy (non-hydrogen) atoms. The number of aliphatic hydroxyl groups excluding tert-OH is 2. The maximum absolute atomic E-state index is 10.3. The number of rotatable bonds is 4. The lowest BCUT2D eigenvalue weighted by Crippen LogP contribution is -2.35. The largest absolute Gasteiger partial charge is 0.471 e. The molecule has 1 saturated carbocycles. The van der Waals surface area contributed by atoms with Gasteiger partial charge < -0.3 is 25.0 Å². The summed E-state index contributed by atoms with van der Waals surface area (Å²) in [4.78, 5) is 9.53. The van der Waals surface area contributed by atoms with E-state index in [1.165, 1.54) is 7.11 Å². The van der Waals surface area contributed by atoms with Gasteiger partial charge in [-0.05, 0) is 32.1 Å². The van der Waals surface area contributed by atoms with Gasteiger partial charge in [0.15, 0.2) is 0 Å². The van der Waals surface area contributed by atoms with E-state index in [4.69, 9.17) is 19.4 Å². The predicted molar refractivity (Wildman–Crippen MR) is 95.0 cm³/mol. The molecule has 1 fully saturated rings. The number of hydrogen-bond donors (Lipinski definition) is 3. The molecule has 5 unspecified atom stereocenters. The van der Waals surface area contributed by atoms with Crippen LogP contribution in [0.5, 0.6) is 5.88 Å². The van der Waals surface area contributed by atoms with Gasteiger partial charge in [-0.3, -0.25) is 0 Å². The van der Waals surface area contributed by atoms with Gasteiger partial charge in [0.1, 0.15) is 24.1 Å². The normalized spacial score (nSPS) is 33.9. The molecule has 5 atom stereocenters. The van der Waals surface area contributed by atoms with Crippen molar-refractivity contribution >= 4 is 0 Å². The van der Waals surface area contributed by atoms with Crippen molar-refractivity contribution in [2.24, 2.45) is 0 Å². The third kappa shape index (κ3) is 3.36. The van der Waals surface area contributed by atoms with Gasteiger partial charge in [-0.2, -0.15) is 4.98 Å². The second kappa shape index (κ2) is 7.60. The van der Waals surface area contributed by atoms with Crippen LogP contribution in [0.4, 0.5) is 0 Å². The van der Waals surface area contributed by atoms with Crippen molar-refractivity contribution in [3.63, 3.8) is 0 Å². The van der Waals surface area contributed by atoms with Gasteiger partial charge in [-0.25, -0.2) is 4.98 Å². The topological polar surface area (TPSA) is 96.7 Å². The van der Waals surface area contributed by atoms with E-state index in [1.807, 2.05) is 0 Å². The summed E-state index contributed by atoms with van der Waals surface area (Å²) in [5, 5.41) is 23.8. The summed E-state index contributed by atoms with van der Waals surface area (Å²) in [5.41, 5.74) is 2.11. The average molecular weight is 361 g/mol. The van der Waals surface area contributed by atoms with Crippen LogP contribution in [0.15, 0.2) is 12.2 Å². The molecule has 142 valence electrons. The molecular formula is C19H27N3O4. The minimum atomic E-state index is -0.978. The van der Waals surface area contributed by atoms with Crippen LogP contribution < -0.4 is 10.1 Å². The van der Waals surface area contributed by atoms with Gasteiger partial charge in [0, 0.05) is 25.6 Å². The van der Waals surface area contributed by atoms with Crippen LogP contribution in [0.3, 0.4) is 0 Å². The molecule has 1 aromatic rings. The summed E-state index contributed by atoms with van der Waals surface area (Å²) in [6.07, 6.45) is 6.72. The van der Waals surface area contributed by atoms with Crippen molar-refractivity contribution < 1.29 is 19.7 Å². The number of aromatic nitrogens is 2. The van der Waals surface area contributed by atoms with Crippen LogP contribution >= 0.6 is 0 Å². The Kier molecular flexibility index (Phi) is 5.22. The molecule has 2 heterocycles. The van der Waals surface area contributed by atoms with E-state index in [1.54, 1.807) is 0 Å². The first-order valence-corrected chi connectivity index (χ1v) is 9.51. The number of aliphatic hydroxyl groups is 2. The van der Waals surface area contributed by atoms with E-state index in [2.05, 4.69) is 17.5 Å². The third-order valence-electron chi connectivity index (χ3n) is 5.64. The maximum Gasteiger partial charge on any atom is 0.220 e. The summed E-state index contributed by atoms with van der Waals surface area (Å²) in [7, 11) is 1.54. The SMILES string of the molecule is COC1CC(Oc2nc(C3CC=CCN3)nc3c2CCCC3)C(O)C1O. The smallest absolute Gasteiger partial charge is 0.220 e. The van der Waals surface area contributed by atoms with Gasteiger partial charge in [-0.1, -0.05) is 12.2 Å². The molecule has 7 nitrogen and oxygen atoms in total. The Labute approximate surface area is 153 Å². The number of nitrogens with one attached hydrogen (secondary N) is 1. The molecule has 3 aliphatic rings. The molecule has 0 radical (unpaired) electrons. The van der Waals surface area contributed by atoms with E-state index in [0.717, 1.165) is 55.7 Å². The van der Waals surface area contributed by atoms with Crippen molar-refractivity contribution in [3.8, 4) is 5.88 Å². The lowest BCUT2D eigenvalue weighted by Gasteiger charge is -2.25. The van der Waals surface area contributed by atoms with E-state index in [0.29, 0.717) is 12.3 Å². The lowest BCUT2D eigenvalue weighted by molar-refractivity contribution is -0.0486. The summed E-state index contributed by atoms with van der Waals surface area (Å²) in [5.74, 6) is 1.32. The molecule has 7 heteroatoms. The molecule has 0 bridgehead atoms. The van der Waals surface area contributed by atoms with Gasteiger partial charge in [0.2, 0.25) is 5.88 Å². The van der Waals surface area contributed by atoms with E-state index < -0.39 is 24.4 Å². The van der Waals surface area contributed by atoms with E-state index >= 15 is 0 Å². The van der Waals surface area contributed by atoms with Crippen LogP contribution in [0.25, 0.3) is 0 Å². The molecule has 1 aliphatic heterocycles. The molecule has 0 spiro atoms. The first-order chi connectivity index (χ1) is 12.7. The van der Waals surface area contributed by atoms with Crippen LogP contribution in [0.1, 0.15) is 48.8 Å². The number of fused-ring (bicyclic) bond motifs is 1. The predicted octanol–water partition coefficient (Wildman–Crippen LogP) is 0.834. The number of methoxy groups -OCH3 is 1. The molecule has 3 N–H and O–H groups in total. The Morgan fingerprint density at radius 1 is 1.08 bits per heavy atom. The highest BCUT2D eigenvalue weighted by Crippen LogP contribution is 2.33. The number of hydrogen-bond acceptors (Lipinski definition) is 7. The average Bonchev–Trinajstić information content (AvgIpc) is 2.96. The Morgan fingerprint density at radius 3 is 2.62 bits per heavy atom. The van der Waals surface area contributed by atoms with Gasteiger partial charge in [0.25, 0.3) is 0 Å². The van der Waals surface area contributed by atoms with Crippen molar-refractivity contribution in [2.45, 2.75) is 69.0 Å². The molecular weight excluding hydrogens is 334 g/mol. The highest BCUT2D eigenvalue weighted by Gasteiger charge is 2.44. The second-order valence-corrected chi connectivity index (χ2v) is 7.33. The standard InChI is InChI=1S/C19H27N3O4/c1-25-14-10-15(17(24)16(14)23)26-19-11-6-2-3-7-12(11)21-18(22-19)13-8-4-5-9-20-13/h4-5,13-17,20,23-24H,2-3,6-10H2,1H3. The Bertz CT molecular complexity index is 681. The van der Waals surface area contributed by atoms with Crippen LogP contribution in [0, 0.1) is 0 Å². The van der Waals surface area contributed by atoms with Crippen LogP contribution in [0.2, 0.25) is 0 Å². The molecule has 4 rings (SSSR count). The lowest BCUT2D eigenvalue weighted by atomic mass is 9.96. The first-order valence-electron chi connectivity index (χ1n) is 9.51. The number of aryl methyl sites for hydroxylation is 1. The summed E-state index contributed by atoms with van der Waals surface area (Å²) >= 11 is 0. The fraction of sp³-hybridized carbons (Fsp3) is 0.684. The minimum absolute atomic E-state index is 0.0837. The maximum atomic E-state index is 10.3. The van der Waals surface area contributed by atoms with Gasteiger partial charge >= 0.3 is 0 Å². The van der Waals surface area contributed by atoms with Crippen molar-refractivity contribution in [1.82, 2.24) is 15.3 Å². The Balaban J connectivity index is 1.62. The molecule has 0 saturated heterocycles. The van der Waals surface area contributed by atoms with Crippen molar-refractivity contribution in [3.05, 3.63) is 29.2 Å². The van der Waals surface area contributed by atoms with Gasteiger partial charge in [-0.15, -0.1) is 0 Å². The number of ether oxygens (including phenoxy) is 2. The van der Waals surface area contributed by atoms with E-state index in [-0.39, 0.29) is 6.04 Å². The summed E-state index contributed by atoms with van der Waals surface area (Å²) < 4.78 is 11.4. The monoisotopic (exact) mass is 361 g/mol. The molecule has 2 aliphatic carbocycles. The Hall–Kier alpha value is -1.54. The van der Waals surface area contributed by atoms with E-state index in [9.17, 15) is 10.2 Å². The number of nitrogens with zero attached hydrogens (tertiary/aromatic N) is 2. The summed E-state index contributed by atoms with van der Waals surface area (Å²) in [6.45, 7) is 0.810. The fourth-order valence-corrected chi connectivity index (χ4v) is 4.08. The fourth-order valence-electron chi connectivity index (χ4n) is 4.08.